The lowest BCUT2D eigenvalue weighted by Gasteiger charge is -2.27. The Bertz CT molecular complexity index is 313. The van der Waals surface area contributed by atoms with Crippen LogP contribution in [0, 0.1) is 0 Å². The van der Waals surface area contributed by atoms with Crippen LogP contribution < -0.4 is 0 Å². The average molecular weight is 247 g/mol. The number of ether oxygens (including phenoxy) is 2. The number of hydrogen-bond acceptors (Lipinski definition) is 4. The molecule has 0 saturated carbocycles. The molecular formula is C11H18FNO4. The zero-order valence-electron chi connectivity index (χ0n) is 10.5. The number of rotatable bonds is 1. The number of hydrogen-bond donors (Lipinski definition) is 0. The first-order valence-electron chi connectivity index (χ1n) is 5.46. The van der Waals surface area contributed by atoms with Gasteiger partial charge < -0.3 is 9.47 Å². The Labute approximate surface area is 99.9 Å². The summed E-state index contributed by atoms with van der Waals surface area (Å²) in [6, 6.07) is -0.884. The highest BCUT2D eigenvalue weighted by molar-refractivity contribution is 5.82. The quantitative estimate of drug-likeness (QED) is 0.659. The second kappa shape index (κ2) is 4.89. The predicted octanol–water partition coefficient (Wildman–Crippen LogP) is 1.51. The normalized spacial score (nSPS) is 24.6. The lowest BCUT2D eigenvalue weighted by atomic mass is 10.2. The van der Waals surface area contributed by atoms with Crippen LogP contribution in [0.4, 0.5) is 9.18 Å². The molecule has 1 rings (SSSR count). The van der Waals surface area contributed by atoms with E-state index in [4.69, 9.17) is 4.74 Å². The highest BCUT2D eigenvalue weighted by atomic mass is 19.1. The number of carbonyl (C=O) groups is 2. The fourth-order valence-corrected chi connectivity index (χ4v) is 1.67. The smallest absolute Gasteiger partial charge is 0.411 e. The van der Waals surface area contributed by atoms with Crippen LogP contribution in [-0.4, -0.2) is 48.4 Å². The maximum Gasteiger partial charge on any atom is 0.411 e. The first-order chi connectivity index (χ1) is 7.74. The van der Waals surface area contributed by atoms with Crippen LogP contribution in [0.2, 0.25) is 0 Å². The van der Waals surface area contributed by atoms with Gasteiger partial charge in [0.2, 0.25) is 0 Å². The summed E-state index contributed by atoms with van der Waals surface area (Å²) in [5, 5.41) is 0. The van der Waals surface area contributed by atoms with Crippen molar-refractivity contribution >= 4 is 12.1 Å². The van der Waals surface area contributed by atoms with Crippen LogP contribution in [0.15, 0.2) is 0 Å². The summed E-state index contributed by atoms with van der Waals surface area (Å²) in [6.07, 6.45) is -1.94. The molecule has 1 aliphatic heterocycles. The molecule has 17 heavy (non-hydrogen) atoms. The number of nitrogens with zero attached hydrogens (tertiary/aromatic N) is 1. The van der Waals surface area contributed by atoms with E-state index in [-0.39, 0.29) is 13.0 Å². The summed E-state index contributed by atoms with van der Waals surface area (Å²) in [5.74, 6) is -0.615. The van der Waals surface area contributed by atoms with Gasteiger partial charge in [-0.2, -0.15) is 0 Å². The third-order valence-corrected chi connectivity index (χ3v) is 2.35. The van der Waals surface area contributed by atoms with Crippen molar-refractivity contribution in [2.45, 2.75) is 45.0 Å². The van der Waals surface area contributed by atoms with Crippen molar-refractivity contribution in [3.05, 3.63) is 0 Å². The van der Waals surface area contributed by atoms with E-state index in [0.717, 1.165) is 4.90 Å². The molecular weight excluding hydrogens is 229 g/mol. The van der Waals surface area contributed by atoms with E-state index in [1.165, 1.54) is 7.11 Å². The molecule has 5 nitrogen and oxygen atoms in total. The van der Waals surface area contributed by atoms with Gasteiger partial charge in [-0.1, -0.05) is 0 Å². The minimum Gasteiger partial charge on any atom is -0.467 e. The van der Waals surface area contributed by atoms with Crippen LogP contribution >= 0.6 is 0 Å². The minimum absolute atomic E-state index is 0.0358. The van der Waals surface area contributed by atoms with Crippen LogP contribution in [-0.2, 0) is 14.3 Å². The van der Waals surface area contributed by atoms with Gasteiger partial charge in [-0.15, -0.1) is 0 Å². The molecule has 0 spiro atoms. The maximum absolute atomic E-state index is 13.3. The number of alkyl halides is 1. The average Bonchev–Trinajstić information content (AvgIpc) is 2.56. The van der Waals surface area contributed by atoms with Gasteiger partial charge in [-0.05, 0) is 20.8 Å². The van der Waals surface area contributed by atoms with Gasteiger partial charge in [0.25, 0.3) is 0 Å². The molecule has 0 bridgehead atoms. The maximum atomic E-state index is 13.3. The topological polar surface area (TPSA) is 55.8 Å². The lowest BCUT2D eigenvalue weighted by molar-refractivity contribution is -0.145. The highest BCUT2D eigenvalue weighted by Gasteiger charge is 2.42. The predicted molar refractivity (Wildman–Crippen MR) is 58.3 cm³/mol. The van der Waals surface area contributed by atoms with Crippen LogP contribution in [0.5, 0.6) is 0 Å². The third-order valence-electron chi connectivity index (χ3n) is 2.35. The van der Waals surface area contributed by atoms with Crippen molar-refractivity contribution in [1.29, 1.82) is 0 Å². The van der Waals surface area contributed by atoms with E-state index in [1.807, 2.05) is 0 Å². The molecule has 0 N–H and O–H groups in total. The molecule has 0 radical (unpaired) electrons. The van der Waals surface area contributed by atoms with E-state index < -0.39 is 29.9 Å². The Morgan fingerprint density at radius 2 is 1.94 bits per heavy atom. The van der Waals surface area contributed by atoms with E-state index in [2.05, 4.69) is 4.74 Å². The highest BCUT2D eigenvalue weighted by Crippen LogP contribution is 2.23. The summed E-state index contributed by atoms with van der Waals surface area (Å²) in [5.41, 5.74) is -0.674. The standard InChI is InChI=1S/C11H18FNO4/c1-11(2,3)17-10(15)13-6-7(12)5-8(13)9(14)16-4/h7-8H,5-6H2,1-4H3. The lowest BCUT2D eigenvalue weighted by Crippen LogP contribution is -2.43. The monoisotopic (exact) mass is 247 g/mol. The summed E-state index contributed by atoms with van der Waals surface area (Å²) in [6.45, 7) is 5.00. The second-order valence-corrected chi connectivity index (χ2v) is 5.00. The molecule has 2 unspecified atom stereocenters. The van der Waals surface area contributed by atoms with E-state index >= 15 is 0 Å². The molecule has 2 atom stereocenters. The van der Waals surface area contributed by atoms with Crippen molar-refractivity contribution in [3.8, 4) is 0 Å². The van der Waals surface area contributed by atoms with Crippen LogP contribution in [0.1, 0.15) is 27.2 Å². The SMILES string of the molecule is COC(=O)C1CC(F)CN1C(=O)OC(C)(C)C. The Balaban J connectivity index is 2.73. The minimum atomic E-state index is -1.22. The van der Waals surface area contributed by atoms with Gasteiger partial charge >= 0.3 is 12.1 Å². The van der Waals surface area contributed by atoms with E-state index in [1.54, 1.807) is 20.8 Å². The molecule has 0 aromatic heterocycles. The van der Waals surface area contributed by atoms with Crippen molar-refractivity contribution in [2.75, 3.05) is 13.7 Å². The van der Waals surface area contributed by atoms with Gasteiger partial charge in [0, 0.05) is 6.42 Å². The first-order valence-corrected chi connectivity index (χ1v) is 5.46. The molecule has 6 heteroatoms. The molecule has 1 amide bonds. The Morgan fingerprint density at radius 3 is 2.41 bits per heavy atom. The van der Waals surface area contributed by atoms with Crippen molar-refractivity contribution in [1.82, 2.24) is 4.90 Å². The van der Waals surface area contributed by atoms with Gasteiger partial charge in [-0.3, -0.25) is 4.90 Å². The fraction of sp³-hybridized carbons (Fsp3) is 0.818. The fourth-order valence-electron chi connectivity index (χ4n) is 1.67. The zero-order valence-corrected chi connectivity index (χ0v) is 10.5. The summed E-state index contributed by atoms with van der Waals surface area (Å²) >= 11 is 0. The summed E-state index contributed by atoms with van der Waals surface area (Å²) in [4.78, 5) is 24.3. The van der Waals surface area contributed by atoms with E-state index in [0.29, 0.717) is 0 Å². The number of methoxy groups -OCH3 is 1. The molecule has 1 heterocycles. The first kappa shape index (κ1) is 13.7. The van der Waals surface area contributed by atoms with Gasteiger partial charge in [0.05, 0.1) is 13.7 Å². The Hall–Kier alpha value is -1.33. The summed E-state index contributed by atoms with van der Waals surface area (Å²) in [7, 11) is 1.21. The van der Waals surface area contributed by atoms with E-state index in [9.17, 15) is 14.0 Å². The van der Waals surface area contributed by atoms with Crippen LogP contribution in [0.3, 0.4) is 0 Å². The van der Waals surface area contributed by atoms with Crippen molar-refractivity contribution < 1.29 is 23.5 Å². The number of likely N-dealkylation sites (tertiary alicyclic amines) is 1. The van der Waals surface area contributed by atoms with Crippen molar-refractivity contribution in [2.24, 2.45) is 0 Å². The van der Waals surface area contributed by atoms with Gasteiger partial charge in [-0.25, -0.2) is 14.0 Å². The molecule has 98 valence electrons. The zero-order chi connectivity index (χ0) is 13.2. The number of amides is 1. The van der Waals surface area contributed by atoms with Gasteiger partial charge in [0.1, 0.15) is 17.8 Å². The number of esters is 1. The Morgan fingerprint density at radius 1 is 1.35 bits per heavy atom. The van der Waals surface area contributed by atoms with Gasteiger partial charge in [0.15, 0.2) is 0 Å². The third kappa shape index (κ3) is 3.57. The summed E-state index contributed by atoms with van der Waals surface area (Å²) < 4.78 is 22.9. The molecule has 0 aromatic carbocycles. The molecule has 1 fully saturated rings. The van der Waals surface area contributed by atoms with Crippen LogP contribution in [0.25, 0.3) is 0 Å². The number of carbonyl (C=O) groups excluding carboxylic acids is 2. The molecule has 0 aliphatic carbocycles. The molecule has 1 saturated heterocycles. The molecule has 0 aromatic rings. The molecule has 1 aliphatic rings. The number of halogens is 1. The second-order valence-electron chi connectivity index (χ2n) is 5.00. The Kier molecular flexibility index (Phi) is 3.95. The van der Waals surface area contributed by atoms with Crippen molar-refractivity contribution in [3.63, 3.8) is 0 Å². The largest absolute Gasteiger partial charge is 0.467 e.